The van der Waals surface area contributed by atoms with Crippen molar-refractivity contribution in [2.45, 2.75) is 45.4 Å². The van der Waals surface area contributed by atoms with E-state index in [1.165, 1.54) is 0 Å². The SMILES string of the molecule is CC(C)C[C@H](NC(=O)CNC(=O)OCc1ccccc1)C(=O)N[C@@H](Cc1ccccc1)C(=O)CBr. The van der Waals surface area contributed by atoms with Crippen LogP contribution >= 0.6 is 15.9 Å². The molecular formula is C26H32BrN3O5. The second-order valence-electron chi connectivity index (χ2n) is 8.52. The van der Waals surface area contributed by atoms with Crippen LogP contribution in [0, 0.1) is 5.92 Å². The van der Waals surface area contributed by atoms with Crippen molar-refractivity contribution in [2.75, 3.05) is 11.9 Å². The number of Topliss-reactive ketones (excluding diaryl/α,β-unsaturated/α-hetero) is 1. The highest BCUT2D eigenvalue weighted by Gasteiger charge is 2.27. The van der Waals surface area contributed by atoms with E-state index in [0.29, 0.717) is 12.8 Å². The molecule has 2 aromatic carbocycles. The van der Waals surface area contributed by atoms with Gasteiger partial charge in [0.1, 0.15) is 19.2 Å². The largest absolute Gasteiger partial charge is 0.445 e. The van der Waals surface area contributed by atoms with Gasteiger partial charge in [-0.15, -0.1) is 0 Å². The molecule has 0 heterocycles. The Kier molecular flexibility index (Phi) is 12.0. The van der Waals surface area contributed by atoms with Crippen LogP contribution in [0.5, 0.6) is 0 Å². The zero-order valence-electron chi connectivity index (χ0n) is 20.0. The van der Waals surface area contributed by atoms with Gasteiger partial charge in [0.15, 0.2) is 5.78 Å². The molecule has 0 aliphatic carbocycles. The summed E-state index contributed by atoms with van der Waals surface area (Å²) < 4.78 is 5.09. The first-order chi connectivity index (χ1) is 16.8. The van der Waals surface area contributed by atoms with Crippen LogP contribution in [0.2, 0.25) is 0 Å². The first-order valence-corrected chi connectivity index (χ1v) is 12.6. The first kappa shape index (κ1) is 28.0. The third-order valence-electron chi connectivity index (χ3n) is 5.08. The highest BCUT2D eigenvalue weighted by Crippen LogP contribution is 2.09. The van der Waals surface area contributed by atoms with E-state index in [9.17, 15) is 19.2 Å². The summed E-state index contributed by atoms with van der Waals surface area (Å²) in [7, 11) is 0. The van der Waals surface area contributed by atoms with E-state index in [1.54, 1.807) is 0 Å². The van der Waals surface area contributed by atoms with E-state index in [4.69, 9.17) is 4.74 Å². The molecule has 0 unspecified atom stereocenters. The van der Waals surface area contributed by atoms with E-state index in [-0.39, 0.29) is 30.2 Å². The summed E-state index contributed by atoms with van der Waals surface area (Å²) in [5.41, 5.74) is 1.73. The van der Waals surface area contributed by atoms with Crippen molar-refractivity contribution in [2.24, 2.45) is 5.92 Å². The summed E-state index contributed by atoms with van der Waals surface area (Å²) in [5.74, 6) is -1.04. The molecule has 0 aliphatic rings. The van der Waals surface area contributed by atoms with Gasteiger partial charge < -0.3 is 20.7 Å². The number of nitrogens with one attached hydrogen (secondary N) is 3. The third kappa shape index (κ3) is 10.7. The van der Waals surface area contributed by atoms with Crippen molar-refractivity contribution in [3.63, 3.8) is 0 Å². The van der Waals surface area contributed by atoms with Gasteiger partial charge in [-0.3, -0.25) is 14.4 Å². The normalized spacial score (nSPS) is 12.3. The van der Waals surface area contributed by atoms with Gasteiger partial charge in [-0.25, -0.2) is 4.79 Å². The molecule has 2 atom stereocenters. The highest BCUT2D eigenvalue weighted by atomic mass is 79.9. The number of ketones is 1. The number of ether oxygens (including phenoxy) is 1. The summed E-state index contributed by atoms with van der Waals surface area (Å²) in [4.78, 5) is 49.8. The number of alkyl carbamates (subject to hydrolysis) is 1. The lowest BCUT2D eigenvalue weighted by molar-refractivity contribution is -0.131. The summed E-state index contributed by atoms with van der Waals surface area (Å²) in [6.45, 7) is 3.59. The maximum absolute atomic E-state index is 13.0. The van der Waals surface area contributed by atoms with Gasteiger partial charge in [0, 0.05) is 0 Å². The average Bonchev–Trinajstić information content (AvgIpc) is 2.85. The lowest BCUT2D eigenvalue weighted by Gasteiger charge is -2.24. The van der Waals surface area contributed by atoms with Crippen LogP contribution in [0.15, 0.2) is 60.7 Å². The highest BCUT2D eigenvalue weighted by molar-refractivity contribution is 9.09. The molecule has 0 bridgehead atoms. The van der Waals surface area contributed by atoms with E-state index in [2.05, 4.69) is 31.9 Å². The van der Waals surface area contributed by atoms with E-state index >= 15 is 0 Å². The maximum Gasteiger partial charge on any atom is 0.407 e. The molecule has 0 saturated carbocycles. The van der Waals surface area contributed by atoms with Crippen LogP contribution in [0.3, 0.4) is 0 Å². The molecule has 0 saturated heterocycles. The van der Waals surface area contributed by atoms with Crippen molar-refractivity contribution in [3.8, 4) is 0 Å². The molecule has 35 heavy (non-hydrogen) atoms. The number of amides is 3. The Bertz CT molecular complexity index is 969. The minimum Gasteiger partial charge on any atom is -0.445 e. The van der Waals surface area contributed by atoms with Gasteiger partial charge in [0.25, 0.3) is 0 Å². The Morgan fingerprint density at radius 3 is 2.03 bits per heavy atom. The number of alkyl halides is 1. The Labute approximate surface area is 214 Å². The van der Waals surface area contributed by atoms with Crippen LogP contribution in [-0.4, -0.2) is 47.6 Å². The molecule has 0 fully saturated rings. The van der Waals surface area contributed by atoms with Crippen LogP contribution in [0.1, 0.15) is 31.4 Å². The Morgan fingerprint density at radius 1 is 0.857 bits per heavy atom. The Morgan fingerprint density at radius 2 is 1.46 bits per heavy atom. The monoisotopic (exact) mass is 545 g/mol. The quantitative estimate of drug-likeness (QED) is 0.334. The average molecular weight is 546 g/mol. The third-order valence-corrected chi connectivity index (χ3v) is 5.64. The predicted molar refractivity (Wildman–Crippen MR) is 137 cm³/mol. The van der Waals surface area contributed by atoms with Gasteiger partial charge in [-0.05, 0) is 29.9 Å². The van der Waals surface area contributed by atoms with Crippen molar-refractivity contribution < 1.29 is 23.9 Å². The minimum atomic E-state index is -0.856. The molecule has 2 aromatic rings. The maximum atomic E-state index is 13.0. The zero-order valence-corrected chi connectivity index (χ0v) is 21.5. The molecule has 2 rings (SSSR count). The minimum absolute atomic E-state index is 0.0804. The number of benzene rings is 2. The van der Waals surface area contributed by atoms with E-state index in [1.807, 2.05) is 74.5 Å². The van der Waals surface area contributed by atoms with Crippen LogP contribution in [0.4, 0.5) is 4.79 Å². The number of hydrogen-bond acceptors (Lipinski definition) is 5. The molecule has 0 radical (unpaired) electrons. The molecule has 3 amide bonds. The molecule has 8 nitrogen and oxygen atoms in total. The molecule has 0 aliphatic heterocycles. The van der Waals surface area contributed by atoms with Gasteiger partial charge in [0.2, 0.25) is 11.8 Å². The fraction of sp³-hybridized carbons (Fsp3) is 0.385. The van der Waals surface area contributed by atoms with Gasteiger partial charge in [0.05, 0.1) is 11.4 Å². The summed E-state index contributed by atoms with van der Waals surface area (Å²) >= 11 is 3.18. The van der Waals surface area contributed by atoms with Gasteiger partial charge in [-0.2, -0.15) is 0 Å². The first-order valence-electron chi connectivity index (χ1n) is 11.4. The number of hydrogen-bond donors (Lipinski definition) is 3. The van der Waals surface area contributed by atoms with Crippen molar-refractivity contribution in [1.82, 2.24) is 16.0 Å². The smallest absolute Gasteiger partial charge is 0.407 e. The second kappa shape index (κ2) is 14.9. The second-order valence-corrected chi connectivity index (χ2v) is 9.08. The number of halogens is 1. The molecule has 0 aromatic heterocycles. The predicted octanol–water partition coefficient (Wildman–Crippen LogP) is 3.14. The molecule has 9 heteroatoms. The van der Waals surface area contributed by atoms with E-state index < -0.39 is 30.0 Å². The zero-order chi connectivity index (χ0) is 25.6. The fourth-order valence-corrected chi connectivity index (χ4v) is 3.73. The number of carbonyl (C=O) groups is 4. The van der Waals surface area contributed by atoms with Gasteiger partial charge >= 0.3 is 6.09 Å². The van der Waals surface area contributed by atoms with Crippen LogP contribution in [-0.2, 0) is 32.1 Å². The summed E-state index contributed by atoms with van der Waals surface area (Å²) in [5, 5.41) is 7.93. The standard InChI is InChI=1S/C26H32BrN3O5/c1-18(2)13-22(25(33)30-21(23(31)15-27)14-19-9-5-3-6-10-19)29-24(32)16-28-26(34)35-17-20-11-7-4-8-12-20/h3-12,18,21-22H,13-17H2,1-2H3,(H,28,34)(H,29,32)(H,30,33)/t21-,22-/m0/s1. The Hall–Kier alpha value is -3.20. The number of rotatable bonds is 13. The molecule has 3 N–H and O–H groups in total. The fourth-order valence-electron chi connectivity index (χ4n) is 3.34. The topological polar surface area (TPSA) is 114 Å². The van der Waals surface area contributed by atoms with Crippen molar-refractivity contribution in [1.29, 1.82) is 0 Å². The van der Waals surface area contributed by atoms with Gasteiger partial charge in [-0.1, -0.05) is 90.4 Å². The van der Waals surface area contributed by atoms with Crippen molar-refractivity contribution in [3.05, 3.63) is 71.8 Å². The van der Waals surface area contributed by atoms with Crippen molar-refractivity contribution >= 4 is 39.6 Å². The molecular weight excluding hydrogens is 514 g/mol. The lowest BCUT2D eigenvalue weighted by atomic mass is 10.00. The Balaban J connectivity index is 1.92. The molecule has 188 valence electrons. The number of carbonyl (C=O) groups excluding carboxylic acids is 4. The van der Waals surface area contributed by atoms with Crippen LogP contribution < -0.4 is 16.0 Å². The molecule has 0 spiro atoms. The lowest BCUT2D eigenvalue weighted by Crippen LogP contribution is -2.54. The summed E-state index contributed by atoms with van der Waals surface area (Å²) in [6, 6.07) is 17.0. The summed E-state index contributed by atoms with van der Waals surface area (Å²) in [6.07, 6.45) is -0.0233. The van der Waals surface area contributed by atoms with Crippen LogP contribution in [0.25, 0.3) is 0 Å². The van der Waals surface area contributed by atoms with E-state index in [0.717, 1.165) is 11.1 Å².